The molecule has 0 atom stereocenters. The molecular weight excluding hydrogens is 289 g/mol. The van der Waals surface area contributed by atoms with Gasteiger partial charge in [0, 0.05) is 3.57 Å². The van der Waals surface area contributed by atoms with E-state index in [0.29, 0.717) is 5.56 Å². The molecule has 0 saturated carbocycles. The Labute approximate surface area is 98.0 Å². The van der Waals surface area contributed by atoms with Crippen LogP contribution in [0.15, 0.2) is 18.2 Å². The molecule has 3 heteroatoms. The van der Waals surface area contributed by atoms with Gasteiger partial charge in [0.25, 0.3) is 0 Å². The highest BCUT2D eigenvalue weighted by Gasteiger charge is 2.10. The van der Waals surface area contributed by atoms with Gasteiger partial charge in [0.05, 0.1) is 5.56 Å². The average Bonchev–Trinajstić information content (AvgIpc) is 2.14. The van der Waals surface area contributed by atoms with E-state index in [-0.39, 0.29) is 5.91 Å². The Morgan fingerprint density at radius 3 is 2.79 bits per heavy atom. The van der Waals surface area contributed by atoms with Crippen LogP contribution in [0.4, 0.5) is 0 Å². The lowest BCUT2D eigenvalue weighted by atomic mass is 10.0. The summed E-state index contributed by atoms with van der Waals surface area (Å²) in [5.41, 5.74) is 7.11. The first-order valence-electron chi connectivity index (χ1n) is 4.74. The lowest BCUT2D eigenvalue weighted by molar-refractivity contribution is 0.0998. The number of carbonyl (C=O) groups is 1. The van der Waals surface area contributed by atoms with Gasteiger partial charge in [-0.1, -0.05) is 25.5 Å². The van der Waals surface area contributed by atoms with Gasteiger partial charge < -0.3 is 5.73 Å². The minimum absolute atomic E-state index is 0.318. The molecule has 76 valence electrons. The SMILES string of the molecule is CCCCc1cccc(I)c1C(N)=O. The third-order valence-electron chi connectivity index (χ3n) is 2.15. The Morgan fingerprint density at radius 1 is 1.50 bits per heavy atom. The van der Waals surface area contributed by atoms with Gasteiger partial charge in [0.15, 0.2) is 0 Å². The summed E-state index contributed by atoms with van der Waals surface area (Å²) in [6.45, 7) is 2.14. The van der Waals surface area contributed by atoms with Gasteiger partial charge in [-0.25, -0.2) is 0 Å². The Bertz CT molecular complexity index is 336. The molecule has 0 unspecified atom stereocenters. The summed E-state index contributed by atoms with van der Waals surface area (Å²) < 4.78 is 0.948. The number of carbonyl (C=O) groups excluding carboxylic acids is 1. The van der Waals surface area contributed by atoms with E-state index in [4.69, 9.17) is 5.73 Å². The van der Waals surface area contributed by atoms with Gasteiger partial charge in [-0.05, 0) is 47.1 Å². The molecule has 0 aliphatic rings. The number of aryl methyl sites for hydroxylation is 1. The van der Waals surface area contributed by atoms with E-state index in [1.807, 2.05) is 18.2 Å². The van der Waals surface area contributed by atoms with Crippen molar-refractivity contribution in [1.82, 2.24) is 0 Å². The molecule has 0 aliphatic heterocycles. The third kappa shape index (κ3) is 2.70. The van der Waals surface area contributed by atoms with Crippen LogP contribution in [-0.4, -0.2) is 5.91 Å². The number of halogens is 1. The van der Waals surface area contributed by atoms with Crippen molar-refractivity contribution >= 4 is 28.5 Å². The fourth-order valence-corrected chi connectivity index (χ4v) is 2.24. The van der Waals surface area contributed by atoms with Crippen LogP contribution < -0.4 is 5.73 Å². The van der Waals surface area contributed by atoms with Crippen molar-refractivity contribution < 1.29 is 4.79 Å². The van der Waals surface area contributed by atoms with Gasteiger partial charge >= 0.3 is 0 Å². The highest BCUT2D eigenvalue weighted by Crippen LogP contribution is 2.18. The van der Waals surface area contributed by atoms with E-state index in [2.05, 4.69) is 29.5 Å². The molecule has 0 heterocycles. The van der Waals surface area contributed by atoms with Gasteiger partial charge in [0.2, 0.25) is 5.91 Å². The van der Waals surface area contributed by atoms with E-state index in [1.165, 1.54) is 0 Å². The molecule has 1 aromatic carbocycles. The normalized spacial score (nSPS) is 10.1. The first-order chi connectivity index (χ1) is 6.66. The standard InChI is InChI=1S/C11H14INO/c1-2-3-5-8-6-4-7-9(12)10(8)11(13)14/h4,6-7H,2-3,5H2,1H3,(H2,13,14). The van der Waals surface area contributed by atoms with Crippen LogP contribution in [0.2, 0.25) is 0 Å². The number of benzene rings is 1. The second-order valence-electron chi connectivity index (χ2n) is 3.24. The summed E-state index contributed by atoms with van der Waals surface area (Å²) in [6, 6.07) is 5.87. The van der Waals surface area contributed by atoms with Crippen LogP contribution in [-0.2, 0) is 6.42 Å². The molecule has 0 aliphatic carbocycles. The average molecular weight is 303 g/mol. The monoisotopic (exact) mass is 303 g/mol. The smallest absolute Gasteiger partial charge is 0.250 e. The molecule has 0 bridgehead atoms. The van der Waals surface area contributed by atoms with Crippen molar-refractivity contribution in [2.24, 2.45) is 5.73 Å². The number of primary amides is 1. The number of hydrogen-bond acceptors (Lipinski definition) is 1. The molecule has 0 radical (unpaired) electrons. The predicted octanol–water partition coefficient (Wildman–Crippen LogP) is 2.73. The van der Waals surface area contributed by atoms with E-state index < -0.39 is 0 Å². The first kappa shape index (κ1) is 11.5. The minimum atomic E-state index is -0.318. The molecule has 14 heavy (non-hydrogen) atoms. The topological polar surface area (TPSA) is 43.1 Å². The lowest BCUT2D eigenvalue weighted by Gasteiger charge is -2.07. The van der Waals surface area contributed by atoms with Gasteiger partial charge in [-0.2, -0.15) is 0 Å². The molecule has 0 saturated heterocycles. The van der Waals surface area contributed by atoms with Crippen LogP contribution >= 0.6 is 22.6 Å². The Morgan fingerprint density at radius 2 is 2.21 bits per heavy atom. The van der Waals surface area contributed by atoms with Crippen molar-refractivity contribution in [3.63, 3.8) is 0 Å². The number of nitrogens with two attached hydrogens (primary N) is 1. The largest absolute Gasteiger partial charge is 0.366 e. The summed E-state index contributed by atoms with van der Waals surface area (Å²) in [7, 11) is 0. The summed E-state index contributed by atoms with van der Waals surface area (Å²) in [6.07, 6.45) is 3.16. The third-order valence-corrected chi connectivity index (χ3v) is 3.04. The predicted molar refractivity (Wildman–Crippen MR) is 66.3 cm³/mol. The van der Waals surface area contributed by atoms with Crippen LogP contribution in [0.3, 0.4) is 0 Å². The quantitative estimate of drug-likeness (QED) is 0.854. The van der Waals surface area contributed by atoms with Gasteiger partial charge in [-0.15, -0.1) is 0 Å². The van der Waals surface area contributed by atoms with E-state index in [0.717, 1.165) is 28.4 Å². The van der Waals surface area contributed by atoms with Crippen molar-refractivity contribution in [2.45, 2.75) is 26.2 Å². The van der Waals surface area contributed by atoms with E-state index >= 15 is 0 Å². The highest BCUT2D eigenvalue weighted by atomic mass is 127. The first-order valence-corrected chi connectivity index (χ1v) is 5.82. The Kier molecular flexibility index (Phi) is 4.38. The van der Waals surface area contributed by atoms with E-state index in [9.17, 15) is 4.79 Å². The van der Waals surface area contributed by atoms with Gasteiger partial charge in [0.1, 0.15) is 0 Å². The Hall–Kier alpha value is -0.580. The second-order valence-corrected chi connectivity index (χ2v) is 4.40. The Balaban J connectivity index is 3.02. The fourth-order valence-electron chi connectivity index (χ4n) is 1.42. The summed E-state index contributed by atoms with van der Waals surface area (Å²) in [5.74, 6) is -0.318. The summed E-state index contributed by atoms with van der Waals surface area (Å²) in [5, 5.41) is 0. The van der Waals surface area contributed by atoms with E-state index in [1.54, 1.807) is 0 Å². The molecule has 1 rings (SSSR count). The summed E-state index contributed by atoms with van der Waals surface area (Å²) in [4.78, 5) is 11.2. The molecule has 2 nitrogen and oxygen atoms in total. The molecule has 0 spiro atoms. The van der Waals surface area contributed by atoms with Crippen molar-refractivity contribution in [3.8, 4) is 0 Å². The zero-order valence-corrected chi connectivity index (χ0v) is 10.4. The van der Waals surface area contributed by atoms with Crippen LogP contribution in [0.5, 0.6) is 0 Å². The number of unbranched alkanes of at least 4 members (excludes halogenated alkanes) is 1. The minimum Gasteiger partial charge on any atom is -0.366 e. The highest BCUT2D eigenvalue weighted by molar-refractivity contribution is 14.1. The second kappa shape index (κ2) is 5.34. The maximum absolute atomic E-state index is 11.2. The zero-order chi connectivity index (χ0) is 10.6. The van der Waals surface area contributed by atoms with Crippen molar-refractivity contribution in [2.75, 3.05) is 0 Å². The molecular formula is C11H14INO. The zero-order valence-electron chi connectivity index (χ0n) is 8.22. The lowest BCUT2D eigenvalue weighted by Crippen LogP contribution is -2.15. The maximum Gasteiger partial charge on any atom is 0.250 e. The van der Waals surface area contributed by atoms with Crippen LogP contribution in [0.25, 0.3) is 0 Å². The molecule has 1 amide bonds. The summed E-state index contributed by atoms with van der Waals surface area (Å²) >= 11 is 2.15. The number of hydrogen-bond donors (Lipinski definition) is 1. The number of amides is 1. The van der Waals surface area contributed by atoms with Gasteiger partial charge in [-0.3, -0.25) is 4.79 Å². The number of rotatable bonds is 4. The van der Waals surface area contributed by atoms with Crippen molar-refractivity contribution in [3.05, 3.63) is 32.9 Å². The van der Waals surface area contributed by atoms with Crippen molar-refractivity contribution in [1.29, 1.82) is 0 Å². The molecule has 0 aromatic heterocycles. The van der Waals surface area contributed by atoms with Crippen LogP contribution in [0, 0.1) is 3.57 Å². The fraction of sp³-hybridized carbons (Fsp3) is 0.364. The molecule has 1 aromatic rings. The molecule has 2 N–H and O–H groups in total. The van der Waals surface area contributed by atoms with Crippen LogP contribution in [0.1, 0.15) is 35.7 Å². The molecule has 0 fully saturated rings. The maximum atomic E-state index is 11.2.